The number of rotatable bonds is 5. The van der Waals surface area contributed by atoms with Crippen LogP contribution in [0.5, 0.6) is 5.75 Å². The highest BCUT2D eigenvalue weighted by molar-refractivity contribution is 5.83. The Balaban J connectivity index is 3.06. The number of Topliss-reactive ketones (excluding diaryl/α,β-unsaturated/α-hetero) is 1. The number of carbonyl (C=O) groups is 1. The zero-order valence-electron chi connectivity index (χ0n) is 11.3. The SMILES string of the molecule is CCOc1ccc(C(C(C)=O)N(C)C)cc1C. The molecule has 0 saturated carbocycles. The van der Waals surface area contributed by atoms with Gasteiger partial charge in [-0.1, -0.05) is 12.1 Å². The van der Waals surface area contributed by atoms with Gasteiger partial charge in [0.2, 0.25) is 0 Å². The first-order valence-electron chi connectivity index (χ1n) is 5.87. The Bertz CT molecular complexity index is 399. The lowest BCUT2D eigenvalue weighted by atomic mass is 10.00. The van der Waals surface area contributed by atoms with Crippen molar-refractivity contribution >= 4 is 5.78 Å². The van der Waals surface area contributed by atoms with Gasteiger partial charge in [0.25, 0.3) is 0 Å². The highest BCUT2D eigenvalue weighted by Crippen LogP contribution is 2.25. The van der Waals surface area contributed by atoms with Crippen LogP contribution in [-0.4, -0.2) is 31.4 Å². The van der Waals surface area contributed by atoms with Crippen LogP contribution in [0.3, 0.4) is 0 Å². The van der Waals surface area contributed by atoms with Crippen LogP contribution >= 0.6 is 0 Å². The molecule has 0 saturated heterocycles. The van der Waals surface area contributed by atoms with E-state index in [2.05, 4.69) is 0 Å². The second-order valence-electron chi connectivity index (χ2n) is 4.43. The monoisotopic (exact) mass is 235 g/mol. The lowest BCUT2D eigenvalue weighted by molar-refractivity contribution is -0.121. The van der Waals surface area contributed by atoms with E-state index < -0.39 is 0 Å². The van der Waals surface area contributed by atoms with Crippen LogP contribution in [0.4, 0.5) is 0 Å². The fraction of sp³-hybridized carbons (Fsp3) is 0.500. The van der Waals surface area contributed by atoms with Crippen LogP contribution in [0.2, 0.25) is 0 Å². The molecule has 17 heavy (non-hydrogen) atoms. The van der Waals surface area contributed by atoms with Gasteiger partial charge in [-0.05, 0) is 52.1 Å². The van der Waals surface area contributed by atoms with Crippen LogP contribution in [0.25, 0.3) is 0 Å². The summed E-state index contributed by atoms with van der Waals surface area (Å²) in [6.07, 6.45) is 0. The lowest BCUT2D eigenvalue weighted by Crippen LogP contribution is -2.26. The molecule has 0 amide bonds. The summed E-state index contributed by atoms with van der Waals surface area (Å²) >= 11 is 0. The number of ketones is 1. The molecule has 1 aromatic carbocycles. The molecule has 0 aliphatic carbocycles. The fourth-order valence-electron chi connectivity index (χ4n) is 2.06. The van der Waals surface area contributed by atoms with E-state index in [1.54, 1.807) is 6.92 Å². The average molecular weight is 235 g/mol. The number of hydrogen-bond donors (Lipinski definition) is 0. The molecule has 0 fully saturated rings. The van der Waals surface area contributed by atoms with Gasteiger partial charge in [-0.2, -0.15) is 0 Å². The molecule has 1 atom stereocenters. The second kappa shape index (κ2) is 5.82. The quantitative estimate of drug-likeness (QED) is 0.785. The fourth-order valence-corrected chi connectivity index (χ4v) is 2.06. The van der Waals surface area contributed by atoms with Crippen molar-refractivity contribution in [1.29, 1.82) is 0 Å². The van der Waals surface area contributed by atoms with Crippen LogP contribution in [0, 0.1) is 6.92 Å². The summed E-state index contributed by atoms with van der Waals surface area (Å²) in [5, 5.41) is 0. The summed E-state index contributed by atoms with van der Waals surface area (Å²) in [6, 6.07) is 5.75. The molecule has 3 nitrogen and oxygen atoms in total. The molecule has 3 heteroatoms. The van der Waals surface area contributed by atoms with Crippen molar-refractivity contribution in [3.05, 3.63) is 29.3 Å². The van der Waals surface area contributed by atoms with Crippen LogP contribution in [-0.2, 0) is 4.79 Å². The summed E-state index contributed by atoms with van der Waals surface area (Å²) in [4.78, 5) is 13.6. The summed E-state index contributed by atoms with van der Waals surface area (Å²) in [5.41, 5.74) is 2.08. The van der Waals surface area contributed by atoms with E-state index in [4.69, 9.17) is 4.74 Å². The molecule has 0 aliphatic rings. The smallest absolute Gasteiger partial charge is 0.151 e. The first kappa shape index (κ1) is 13.7. The minimum Gasteiger partial charge on any atom is -0.494 e. The molecule has 0 heterocycles. The lowest BCUT2D eigenvalue weighted by Gasteiger charge is -2.22. The van der Waals surface area contributed by atoms with Gasteiger partial charge in [-0.15, -0.1) is 0 Å². The number of nitrogens with zero attached hydrogens (tertiary/aromatic N) is 1. The van der Waals surface area contributed by atoms with Gasteiger partial charge in [-0.3, -0.25) is 9.69 Å². The predicted molar refractivity (Wildman–Crippen MR) is 69.5 cm³/mol. The molecular formula is C14H21NO2. The standard InChI is InChI=1S/C14H21NO2/c1-6-17-13-8-7-12(9-10(13)2)14(11(3)16)15(4)5/h7-9,14H,6H2,1-5H3. The maximum Gasteiger partial charge on any atom is 0.151 e. The van der Waals surface area contributed by atoms with Crippen molar-refractivity contribution < 1.29 is 9.53 Å². The van der Waals surface area contributed by atoms with E-state index in [-0.39, 0.29) is 11.8 Å². The van der Waals surface area contributed by atoms with Crippen LogP contribution in [0.15, 0.2) is 18.2 Å². The van der Waals surface area contributed by atoms with Gasteiger partial charge in [0.05, 0.1) is 12.6 Å². The number of likely N-dealkylation sites (N-methyl/N-ethyl adjacent to an activating group) is 1. The van der Waals surface area contributed by atoms with Crippen molar-refractivity contribution in [3.8, 4) is 5.75 Å². The van der Waals surface area contributed by atoms with Crippen molar-refractivity contribution in [2.45, 2.75) is 26.8 Å². The third-order valence-electron chi connectivity index (χ3n) is 2.72. The van der Waals surface area contributed by atoms with E-state index in [1.165, 1.54) is 0 Å². The predicted octanol–water partition coefficient (Wildman–Crippen LogP) is 2.59. The van der Waals surface area contributed by atoms with Crippen molar-refractivity contribution in [2.24, 2.45) is 0 Å². The summed E-state index contributed by atoms with van der Waals surface area (Å²) in [5.74, 6) is 1.04. The first-order valence-corrected chi connectivity index (χ1v) is 5.87. The number of carbonyl (C=O) groups excluding carboxylic acids is 1. The maximum absolute atomic E-state index is 11.6. The van der Waals surface area contributed by atoms with Gasteiger partial charge in [0.1, 0.15) is 5.75 Å². The van der Waals surface area contributed by atoms with Crippen LogP contribution in [0.1, 0.15) is 31.0 Å². The van der Waals surface area contributed by atoms with Gasteiger partial charge < -0.3 is 4.74 Å². The Labute approximate surface area is 103 Å². The van der Waals surface area contributed by atoms with Gasteiger partial charge in [0, 0.05) is 0 Å². The highest BCUT2D eigenvalue weighted by Gasteiger charge is 2.19. The summed E-state index contributed by atoms with van der Waals surface area (Å²) in [6.45, 7) is 6.24. The molecule has 0 bridgehead atoms. The first-order chi connectivity index (χ1) is 7.97. The molecule has 1 unspecified atom stereocenters. The number of ether oxygens (including phenoxy) is 1. The Kier molecular flexibility index (Phi) is 4.70. The Morgan fingerprint density at radius 1 is 1.41 bits per heavy atom. The molecular weight excluding hydrogens is 214 g/mol. The Morgan fingerprint density at radius 2 is 2.06 bits per heavy atom. The molecule has 0 N–H and O–H groups in total. The zero-order chi connectivity index (χ0) is 13.0. The van der Waals surface area contributed by atoms with Crippen LogP contribution < -0.4 is 4.74 Å². The molecule has 0 aliphatic heterocycles. The number of benzene rings is 1. The van der Waals surface area contributed by atoms with E-state index >= 15 is 0 Å². The second-order valence-corrected chi connectivity index (χ2v) is 4.43. The Morgan fingerprint density at radius 3 is 2.47 bits per heavy atom. The molecule has 94 valence electrons. The van der Waals surface area contributed by atoms with Crippen molar-refractivity contribution in [2.75, 3.05) is 20.7 Å². The normalized spacial score (nSPS) is 12.6. The number of hydrogen-bond acceptors (Lipinski definition) is 3. The molecule has 0 spiro atoms. The summed E-state index contributed by atoms with van der Waals surface area (Å²) in [7, 11) is 3.83. The molecule has 1 rings (SSSR count). The Hall–Kier alpha value is -1.35. The molecule has 1 aromatic rings. The van der Waals surface area contributed by atoms with E-state index in [1.807, 2.05) is 51.0 Å². The zero-order valence-corrected chi connectivity index (χ0v) is 11.3. The summed E-state index contributed by atoms with van der Waals surface area (Å²) < 4.78 is 5.49. The van der Waals surface area contributed by atoms with E-state index in [0.29, 0.717) is 6.61 Å². The topological polar surface area (TPSA) is 29.5 Å². The van der Waals surface area contributed by atoms with E-state index in [0.717, 1.165) is 16.9 Å². The minimum absolute atomic E-state index is 0.151. The molecule has 0 radical (unpaired) electrons. The largest absolute Gasteiger partial charge is 0.494 e. The minimum atomic E-state index is -0.177. The maximum atomic E-state index is 11.6. The van der Waals surface area contributed by atoms with E-state index in [9.17, 15) is 4.79 Å². The third-order valence-corrected chi connectivity index (χ3v) is 2.72. The average Bonchev–Trinajstić information content (AvgIpc) is 2.21. The number of aryl methyl sites for hydroxylation is 1. The molecule has 0 aromatic heterocycles. The van der Waals surface area contributed by atoms with Gasteiger partial charge in [-0.25, -0.2) is 0 Å². The van der Waals surface area contributed by atoms with Gasteiger partial charge in [0.15, 0.2) is 5.78 Å². The highest BCUT2D eigenvalue weighted by atomic mass is 16.5. The van der Waals surface area contributed by atoms with Crippen molar-refractivity contribution in [1.82, 2.24) is 4.90 Å². The third kappa shape index (κ3) is 3.30. The van der Waals surface area contributed by atoms with Gasteiger partial charge >= 0.3 is 0 Å². The van der Waals surface area contributed by atoms with Crippen molar-refractivity contribution in [3.63, 3.8) is 0 Å².